The molecule has 1 amide bonds. The molecule has 1 heterocycles. The topological polar surface area (TPSA) is 88.0 Å². The number of carboxylic acids is 1. The maximum atomic E-state index is 11.3. The van der Waals surface area contributed by atoms with E-state index in [1.807, 2.05) is 5.32 Å². The highest BCUT2D eigenvalue weighted by Crippen LogP contribution is 2.26. The highest BCUT2D eigenvalue weighted by Gasteiger charge is 2.40. The predicted octanol–water partition coefficient (Wildman–Crippen LogP) is 1.27. The Kier molecular flexibility index (Phi) is 4.71. The Morgan fingerprint density at radius 2 is 2.12 bits per heavy atom. The van der Waals surface area contributed by atoms with Crippen molar-refractivity contribution in [2.24, 2.45) is 5.16 Å². The van der Waals surface area contributed by atoms with Crippen LogP contribution in [0.5, 0.6) is 0 Å². The van der Waals surface area contributed by atoms with Gasteiger partial charge >= 0.3 is 5.97 Å². The van der Waals surface area contributed by atoms with Gasteiger partial charge in [0.25, 0.3) is 9.70 Å². The first-order valence-electron chi connectivity index (χ1n) is 4.20. The molecule has 0 unspecified atom stereocenters. The van der Waals surface area contributed by atoms with Gasteiger partial charge in [0.1, 0.15) is 5.17 Å². The smallest absolute Gasteiger partial charge is 0.330 e. The Labute approximate surface area is 116 Å². The largest absolute Gasteiger partial charge is 0.480 e. The number of alkyl halides is 3. The van der Waals surface area contributed by atoms with Gasteiger partial charge in [0.05, 0.1) is 0 Å². The van der Waals surface area contributed by atoms with E-state index < -0.39 is 27.8 Å². The minimum Gasteiger partial charge on any atom is -0.480 e. The molecule has 10 heteroatoms. The van der Waals surface area contributed by atoms with E-state index in [1.165, 1.54) is 0 Å². The molecule has 1 aliphatic heterocycles. The second kappa shape index (κ2) is 5.48. The summed E-state index contributed by atoms with van der Waals surface area (Å²) in [5, 5.41) is 14.4. The molecule has 0 aromatic carbocycles. The second-order valence-electron chi connectivity index (χ2n) is 3.10. The first kappa shape index (κ1) is 14.6. The lowest BCUT2D eigenvalue weighted by molar-refractivity contribution is -0.145. The number of carboxylic acid groups (broad SMARTS) is 1. The summed E-state index contributed by atoms with van der Waals surface area (Å²) in [6, 6.07) is -1.40. The van der Waals surface area contributed by atoms with E-state index in [4.69, 9.17) is 56.3 Å². The minimum absolute atomic E-state index is 0.0542. The van der Waals surface area contributed by atoms with Crippen LogP contribution in [-0.4, -0.2) is 38.1 Å². The quantitative estimate of drug-likeness (QED) is 0.765. The van der Waals surface area contributed by atoms with Crippen LogP contribution in [0.25, 0.3) is 0 Å². The summed E-state index contributed by atoms with van der Waals surface area (Å²) in [7, 11) is 0. The van der Waals surface area contributed by atoms with Gasteiger partial charge in [0, 0.05) is 6.42 Å². The van der Waals surface area contributed by atoms with Gasteiger partial charge in [-0.15, -0.1) is 0 Å². The highest BCUT2D eigenvalue weighted by molar-refractivity contribution is 6.76. The van der Waals surface area contributed by atoms with Gasteiger partial charge in [-0.25, -0.2) is 4.79 Å². The number of oxime groups is 1. The first-order valence-corrected chi connectivity index (χ1v) is 5.71. The van der Waals surface area contributed by atoms with Crippen molar-refractivity contribution in [3.8, 4) is 0 Å². The molecule has 1 rings (SSSR count). The third-order valence-electron chi connectivity index (χ3n) is 1.84. The summed E-state index contributed by atoms with van der Waals surface area (Å²) in [4.78, 5) is 27.0. The number of carbonyl (C=O) groups excluding carboxylic acids is 1. The van der Waals surface area contributed by atoms with E-state index in [9.17, 15) is 9.59 Å². The molecule has 0 saturated heterocycles. The Bertz CT molecular complexity index is 367. The SMILES string of the molecule is O=C(O)[C@@H](NC(=O)C(Cl)(Cl)Cl)[C@@H]1CC(Cl)=NO1. The number of nitrogens with zero attached hydrogens (tertiary/aromatic N) is 1. The molecule has 0 aromatic rings. The molecule has 0 aliphatic carbocycles. The first-order chi connectivity index (χ1) is 7.71. The van der Waals surface area contributed by atoms with Crippen LogP contribution in [-0.2, 0) is 14.4 Å². The predicted molar refractivity (Wildman–Crippen MR) is 62.6 cm³/mol. The fraction of sp³-hybridized carbons (Fsp3) is 0.571. The van der Waals surface area contributed by atoms with E-state index in [0.717, 1.165) is 0 Å². The van der Waals surface area contributed by atoms with Gasteiger partial charge in [-0.2, -0.15) is 0 Å². The molecule has 6 nitrogen and oxygen atoms in total. The molecule has 0 spiro atoms. The maximum Gasteiger partial charge on any atom is 0.330 e. The zero-order valence-electron chi connectivity index (χ0n) is 7.99. The van der Waals surface area contributed by atoms with Crippen LogP contribution < -0.4 is 5.32 Å². The monoisotopic (exact) mass is 322 g/mol. The summed E-state index contributed by atoms with van der Waals surface area (Å²) in [5.41, 5.74) is 0. The van der Waals surface area contributed by atoms with Crippen molar-refractivity contribution < 1.29 is 19.5 Å². The Balaban J connectivity index is 2.69. The summed E-state index contributed by atoms with van der Waals surface area (Å²) < 4.78 is -2.25. The number of carbonyl (C=O) groups is 2. The van der Waals surface area contributed by atoms with Gasteiger partial charge in [0.15, 0.2) is 12.1 Å². The van der Waals surface area contributed by atoms with Gasteiger partial charge in [-0.1, -0.05) is 51.6 Å². The van der Waals surface area contributed by atoms with Crippen molar-refractivity contribution in [3.05, 3.63) is 0 Å². The lowest BCUT2D eigenvalue weighted by Crippen LogP contribution is -2.51. The number of aliphatic carboxylic acids is 1. The van der Waals surface area contributed by atoms with Crippen molar-refractivity contribution in [3.63, 3.8) is 0 Å². The average molecular weight is 324 g/mol. The van der Waals surface area contributed by atoms with Crippen molar-refractivity contribution >= 4 is 63.5 Å². The lowest BCUT2D eigenvalue weighted by atomic mass is 10.1. The fourth-order valence-corrected chi connectivity index (χ4v) is 1.44. The van der Waals surface area contributed by atoms with E-state index in [-0.39, 0.29) is 11.6 Å². The van der Waals surface area contributed by atoms with Gasteiger partial charge < -0.3 is 15.3 Å². The normalized spacial score (nSPS) is 21.4. The van der Waals surface area contributed by atoms with Crippen LogP contribution in [0.15, 0.2) is 5.16 Å². The highest BCUT2D eigenvalue weighted by atomic mass is 35.6. The molecule has 96 valence electrons. The Morgan fingerprint density at radius 1 is 1.53 bits per heavy atom. The molecule has 1 aliphatic rings. The number of amides is 1. The third kappa shape index (κ3) is 4.06. The zero-order chi connectivity index (χ0) is 13.2. The number of hydrogen-bond donors (Lipinski definition) is 2. The van der Waals surface area contributed by atoms with Crippen molar-refractivity contribution in [1.82, 2.24) is 5.32 Å². The minimum atomic E-state index is -2.25. The van der Waals surface area contributed by atoms with E-state index in [0.29, 0.717) is 0 Å². The number of hydrogen-bond acceptors (Lipinski definition) is 4. The Hall–Kier alpha value is -0.430. The molecule has 2 atom stereocenters. The van der Waals surface area contributed by atoms with Gasteiger partial charge in [0.2, 0.25) is 0 Å². The fourth-order valence-electron chi connectivity index (χ4n) is 1.08. The number of nitrogens with one attached hydrogen (secondary N) is 1. The number of rotatable bonds is 3. The van der Waals surface area contributed by atoms with E-state index >= 15 is 0 Å². The molecule has 17 heavy (non-hydrogen) atoms. The molecule has 0 radical (unpaired) electrons. The van der Waals surface area contributed by atoms with Gasteiger partial charge in [-0.05, 0) is 0 Å². The molecular formula is C7H6Cl4N2O4. The average Bonchev–Trinajstić information content (AvgIpc) is 2.58. The number of halogens is 4. The summed E-state index contributed by atoms with van der Waals surface area (Å²) in [6.07, 6.45) is -0.880. The molecule has 0 aromatic heterocycles. The van der Waals surface area contributed by atoms with E-state index in [2.05, 4.69) is 5.16 Å². The van der Waals surface area contributed by atoms with Crippen LogP contribution in [0, 0.1) is 0 Å². The summed E-state index contributed by atoms with van der Waals surface area (Å²) >= 11 is 21.4. The summed E-state index contributed by atoms with van der Waals surface area (Å²) in [5.74, 6) is -2.42. The lowest BCUT2D eigenvalue weighted by Gasteiger charge is -2.20. The Morgan fingerprint density at radius 3 is 2.47 bits per heavy atom. The standard InChI is InChI=1S/C7H6Cl4N2O4/c8-3-1-2(17-13-3)4(5(14)15)12-6(16)7(9,10)11/h2,4H,1H2,(H,12,16)(H,14,15)/t2-,4-/m0/s1. The molecular weight excluding hydrogens is 318 g/mol. The van der Waals surface area contributed by atoms with Crippen LogP contribution >= 0.6 is 46.4 Å². The van der Waals surface area contributed by atoms with Crippen LogP contribution in [0.4, 0.5) is 0 Å². The van der Waals surface area contributed by atoms with Crippen LogP contribution in [0.3, 0.4) is 0 Å². The molecule has 0 saturated carbocycles. The second-order valence-corrected chi connectivity index (χ2v) is 5.82. The maximum absolute atomic E-state index is 11.3. The van der Waals surface area contributed by atoms with Gasteiger partial charge in [-0.3, -0.25) is 4.79 Å². The molecule has 0 bridgehead atoms. The van der Waals surface area contributed by atoms with Crippen molar-refractivity contribution in [2.45, 2.75) is 22.4 Å². The van der Waals surface area contributed by atoms with Crippen LogP contribution in [0.1, 0.15) is 6.42 Å². The zero-order valence-corrected chi connectivity index (χ0v) is 11.0. The third-order valence-corrected chi connectivity index (χ3v) is 2.58. The van der Waals surface area contributed by atoms with Crippen molar-refractivity contribution in [1.29, 1.82) is 0 Å². The van der Waals surface area contributed by atoms with Crippen LogP contribution in [0.2, 0.25) is 0 Å². The summed E-state index contributed by atoms with van der Waals surface area (Å²) in [6.45, 7) is 0. The van der Waals surface area contributed by atoms with E-state index in [1.54, 1.807) is 0 Å². The molecule has 2 N–H and O–H groups in total. The molecule has 0 fully saturated rings. The van der Waals surface area contributed by atoms with Crippen molar-refractivity contribution in [2.75, 3.05) is 0 Å².